The van der Waals surface area contributed by atoms with Crippen LogP contribution in [0.3, 0.4) is 0 Å². The average Bonchev–Trinajstić information content (AvgIpc) is 3.31. The molecule has 1 atom stereocenters. The van der Waals surface area contributed by atoms with Gasteiger partial charge < -0.3 is 10.6 Å². The van der Waals surface area contributed by atoms with E-state index in [1.54, 1.807) is 31.8 Å². The van der Waals surface area contributed by atoms with Crippen molar-refractivity contribution in [3.8, 4) is 5.82 Å². The van der Waals surface area contributed by atoms with Gasteiger partial charge in [-0.2, -0.15) is 13.2 Å². The number of alkyl halides is 3. The zero-order valence-electron chi connectivity index (χ0n) is 17.8. The molecule has 10 heteroatoms. The molecule has 2 N–H and O–H groups in total. The van der Waals surface area contributed by atoms with E-state index in [1.807, 2.05) is 29.8 Å². The number of hydrogen-bond donors (Lipinski definition) is 2. The Balaban J connectivity index is 0.00000363. The highest BCUT2D eigenvalue weighted by atomic mass is 127. The van der Waals surface area contributed by atoms with Gasteiger partial charge in [0.05, 0.1) is 5.56 Å². The number of nitrogens with one attached hydrogen (secondary N) is 2. The highest BCUT2D eigenvalue weighted by Crippen LogP contribution is 2.31. The molecule has 3 aromatic rings. The number of aliphatic imine (C=N–C) groups is 1. The first-order chi connectivity index (χ1) is 14.9. The van der Waals surface area contributed by atoms with Crippen molar-refractivity contribution >= 4 is 29.9 Å². The summed E-state index contributed by atoms with van der Waals surface area (Å²) in [4.78, 5) is 12.6. The van der Waals surface area contributed by atoms with Crippen LogP contribution in [0.15, 0.2) is 66.3 Å². The molecule has 0 saturated heterocycles. The van der Waals surface area contributed by atoms with E-state index in [4.69, 9.17) is 0 Å². The van der Waals surface area contributed by atoms with Crippen LogP contribution in [0, 0.1) is 0 Å². The van der Waals surface area contributed by atoms with Crippen LogP contribution in [0.25, 0.3) is 5.82 Å². The van der Waals surface area contributed by atoms with Crippen molar-refractivity contribution in [2.24, 2.45) is 4.99 Å². The molecule has 0 aliphatic heterocycles. The SMILES string of the molecule is CN=C(NCCC(C)c1cccc(C(F)(F)F)c1)NCc1ccnc(-n2ccnc2)c1.I. The van der Waals surface area contributed by atoms with Crippen molar-refractivity contribution in [3.05, 3.63) is 78.0 Å². The largest absolute Gasteiger partial charge is 0.416 e. The van der Waals surface area contributed by atoms with E-state index in [0.29, 0.717) is 31.0 Å². The van der Waals surface area contributed by atoms with Crippen molar-refractivity contribution in [2.75, 3.05) is 13.6 Å². The Labute approximate surface area is 202 Å². The zero-order chi connectivity index (χ0) is 22.3. The third-order valence-electron chi connectivity index (χ3n) is 4.92. The Bertz CT molecular complexity index is 1000. The smallest absolute Gasteiger partial charge is 0.356 e. The maximum atomic E-state index is 12.9. The van der Waals surface area contributed by atoms with Crippen LogP contribution in [0.4, 0.5) is 13.2 Å². The third-order valence-corrected chi connectivity index (χ3v) is 4.92. The number of benzene rings is 1. The third kappa shape index (κ3) is 7.21. The molecule has 0 fully saturated rings. The molecule has 0 aliphatic rings. The molecule has 0 bridgehead atoms. The Morgan fingerprint density at radius 3 is 2.66 bits per heavy atom. The lowest BCUT2D eigenvalue weighted by Gasteiger charge is -2.16. The minimum absolute atomic E-state index is 0. The summed E-state index contributed by atoms with van der Waals surface area (Å²) in [5.74, 6) is 1.37. The first kappa shape index (κ1) is 25.6. The minimum atomic E-state index is -4.33. The lowest BCUT2D eigenvalue weighted by atomic mass is 9.96. The fourth-order valence-corrected chi connectivity index (χ4v) is 3.11. The summed E-state index contributed by atoms with van der Waals surface area (Å²) in [5.41, 5.74) is 1.08. The molecule has 3 rings (SSSR count). The fraction of sp³-hybridized carbons (Fsp3) is 0.318. The van der Waals surface area contributed by atoms with Crippen LogP contribution in [-0.2, 0) is 12.7 Å². The van der Waals surface area contributed by atoms with Crippen molar-refractivity contribution in [3.63, 3.8) is 0 Å². The lowest BCUT2D eigenvalue weighted by molar-refractivity contribution is -0.137. The number of guanidine groups is 1. The van der Waals surface area contributed by atoms with E-state index >= 15 is 0 Å². The van der Waals surface area contributed by atoms with Gasteiger partial charge in [-0.1, -0.05) is 25.1 Å². The van der Waals surface area contributed by atoms with Gasteiger partial charge in [-0.25, -0.2) is 9.97 Å². The normalized spacial score (nSPS) is 12.7. The van der Waals surface area contributed by atoms with E-state index in [2.05, 4.69) is 25.6 Å². The van der Waals surface area contributed by atoms with Crippen LogP contribution >= 0.6 is 24.0 Å². The molecule has 1 aromatic carbocycles. The summed E-state index contributed by atoms with van der Waals surface area (Å²) >= 11 is 0. The molecule has 0 amide bonds. The predicted molar refractivity (Wildman–Crippen MR) is 129 cm³/mol. The van der Waals surface area contributed by atoms with Gasteiger partial charge in [0.1, 0.15) is 12.1 Å². The maximum Gasteiger partial charge on any atom is 0.416 e. The molecule has 2 heterocycles. The predicted octanol–water partition coefficient (Wildman–Crippen LogP) is 4.76. The zero-order valence-corrected chi connectivity index (χ0v) is 20.1. The highest BCUT2D eigenvalue weighted by Gasteiger charge is 2.30. The molecular formula is C22H26F3IN6. The second kappa shape index (κ2) is 11.8. The molecule has 0 radical (unpaired) electrons. The summed E-state index contributed by atoms with van der Waals surface area (Å²) in [6.45, 7) is 3.04. The Morgan fingerprint density at radius 1 is 1.16 bits per heavy atom. The monoisotopic (exact) mass is 558 g/mol. The topological polar surface area (TPSA) is 67.1 Å². The molecule has 1 unspecified atom stereocenters. The number of halogens is 4. The number of imidazole rings is 1. The van der Waals surface area contributed by atoms with Gasteiger partial charge in [0.15, 0.2) is 5.96 Å². The van der Waals surface area contributed by atoms with Gasteiger partial charge in [-0.05, 0) is 41.7 Å². The number of pyridine rings is 1. The molecule has 172 valence electrons. The minimum Gasteiger partial charge on any atom is -0.356 e. The van der Waals surface area contributed by atoms with Crippen molar-refractivity contribution < 1.29 is 13.2 Å². The van der Waals surface area contributed by atoms with Gasteiger partial charge in [0.25, 0.3) is 0 Å². The van der Waals surface area contributed by atoms with E-state index in [-0.39, 0.29) is 29.9 Å². The van der Waals surface area contributed by atoms with Crippen LogP contribution in [0.5, 0.6) is 0 Å². The number of nitrogens with zero attached hydrogens (tertiary/aromatic N) is 4. The first-order valence-electron chi connectivity index (χ1n) is 9.91. The van der Waals surface area contributed by atoms with Crippen LogP contribution in [0.2, 0.25) is 0 Å². The summed E-state index contributed by atoms with van der Waals surface area (Å²) in [6, 6.07) is 9.37. The molecule has 32 heavy (non-hydrogen) atoms. The molecule has 0 saturated carbocycles. The standard InChI is InChI=1S/C22H25F3N6.HI/c1-16(18-4-3-5-19(13-18)22(23,24)25)6-8-29-21(26-2)30-14-17-7-9-28-20(12-17)31-11-10-27-15-31;/h3-5,7,9-13,15-16H,6,8,14H2,1-2H3,(H2,26,29,30);1H. The molecule has 0 spiro atoms. The number of hydrogen-bond acceptors (Lipinski definition) is 3. The summed E-state index contributed by atoms with van der Waals surface area (Å²) in [6.07, 6.45) is 3.28. The first-order valence-corrected chi connectivity index (χ1v) is 9.91. The summed E-state index contributed by atoms with van der Waals surface area (Å²) < 4.78 is 40.6. The molecule has 6 nitrogen and oxygen atoms in total. The summed E-state index contributed by atoms with van der Waals surface area (Å²) in [7, 11) is 1.68. The Morgan fingerprint density at radius 2 is 1.97 bits per heavy atom. The maximum absolute atomic E-state index is 12.9. The average molecular weight is 558 g/mol. The second-order valence-electron chi connectivity index (χ2n) is 7.16. The number of aromatic nitrogens is 3. The van der Waals surface area contributed by atoms with Gasteiger partial charge >= 0.3 is 6.18 Å². The van der Waals surface area contributed by atoms with Crippen LogP contribution < -0.4 is 10.6 Å². The number of rotatable bonds is 7. The molecule has 2 aromatic heterocycles. The second-order valence-corrected chi connectivity index (χ2v) is 7.16. The van der Waals surface area contributed by atoms with Gasteiger partial charge in [-0.3, -0.25) is 9.56 Å². The van der Waals surface area contributed by atoms with E-state index in [0.717, 1.165) is 17.4 Å². The van der Waals surface area contributed by atoms with E-state index in [9.17, 15) is 13.2 Å². The highest BCUT2D eigenvalue weighted by molar-refractivity contribution is 14.0. The van der Waals surface area contributed by atoms with Gasteiger partial charge in [0, 0.05) is 38.7 Å². The molecular weight excluding hydrogens is 532 g/mol. The van der Waals surface area contributed by atoms with Crippen LogP contribution in [-0.4, -0.2) is 34.1 Å². The van der Waals surface area contributed by atoms with Gasteiger partial charge in [-0.15, -0.1) is 24.0 Å². The Hall–Kier alpha value is -2.63. The van der Waals surface area contributed by atoms with E-state index in [1.165, 1.54) is 12.1 Å². The Kier molecular flexibility index (Phi) is 9.48. The van der Waals surface area contributed by atoms with Crippen LogP contribution in [0.1, 0.15) is 36.0 Å². The van der Waals surface area contributed by atoms with Crippen molar-refractivity contribution in [1.29, 1.82) is 0 Å². The molecule has 0 aliphatic carbocycles. The van der Waals surface area contributed by atoms with Crippen molar-refractivity contribution in [1.82, 2.24) is 25.2 Å². The fourth-order valence-electron chi connectivity index (χ4n) is 3.11. The van der Waals surface area contributed by atoms with E-state index < -0.39 is 11.7 Å². The quantitative estimate of drug-likeness (QED) is 0.249. The van der Waals surface area contributed by atoms with Crippen molar-refractivity contribution in [2.45, 2.75) is 32.0 Å². The summed E-state index contributed by atoms with van der Waals surface area (Å²) in [5, 5.41) is 6.45. The van der Waals surface area contributed by atoms with Gasteiger partial charge in [0.2, 0.25) is 0 Å². The lowest BCUT2D eigenvalue weighted by Crippen LogP contribution is -2.37.